The number of hydrogen-bond donors (Lipinski definition) is 1. The second-order valence-electron chi connectivity index (χ2n) is 7.45. The van der Waals surface area contributed by atoms with E-state index in [4.69, 9.17) is 14.2 Å². The van der Waals surface area contributed by atoms with E-state index in [-0.39, 0.29) is 6.04 Å². The summed E-state index contributed by atoms with van der Waals surface area (Å²) in [4.78, 5) is 15.1. The molecule has 0 saturated carbocycles. The summed E-state index contributed by atoms with van der Waals surface area (Å²) in [5.74, 6) is 3.21. The van der Waals surface area contributed by atoms with Gasteiger partial charge in [-0.3, -0.25) is 0 Å². The lowest BCUT2D eigenvalue weighted by molar-refractivity contribution is 0.353. The molecule has 0 unspecified atom stereocenters. The van der Waals surface area contributed by atoms with Crippen LogP contribution in [0, 0.1) is 0 Å². The van der Waals surface area contributed by atoms with Crippen LogP contribution in [0.1, 0.15) is 24.1 Å². The van der Waals surface area contributed by atoms with Gasteiger partial charge in [-0.05, 0) is 48.7 Å². The average molecular weight is 404 g/mol. The first kappa shape index (κ1) is 18.5. The van der Waals surface area contributed by atoms with E-state index in [1.165, 1.54) is 11.1 Å². The Morgan fingerprint density at radius 3 is 2.53 bits per heavy atom. The number of hydrogen-bond acceptors (Lipinski definition) is 6. The Morgan fingerprint density at radius 2 is 1.77 bits per heavy atom. The van der Waals surface area contributed by atoms with Crippen molar-refractivity contribution in [1.82, 2.24) is 15.0 Å². The predicted octanol–water partition coefficient (Wildman–Crippen LogP) is 4.26. The molecule has 0 bridgehead atoms. The number of H-pyrrole nitrogens is 1. The molecule has 7 heteroatoms. The van der Waals surface area contributed by atoms with Crippen molar-refractivity contribution in [3.63, 3.8) is 0 Å². The van der Waals surface area contributed by atoms with Crippen LogP contribution in [0.15, 0.2) is 36.7 Å². The third-order valence-corrected chi connectivity index (χ3v) is 6.03. The number of rotatable bonds is 4. The third kappa shape index (κ3) is 2.65. The summed E-state index contributed by atoms with van der Waals surface area (Å²) >= 11 is 0. The minimum atomic E-state index is 0.125. The van der Waals surface area contributed by atoms with Crippen LogP contribution >= 0.6 is 0 Å². The molecule has 2 aromatic heterocycles. The number of nitrogens with one attached hydrogen (secondary N) is 1. The van der Waals surface area contributed by atoms with Gasteiger partial charge >= 0.3 is 0 Å². The molecular weight excluding hydrogens is 380 g/mol. The fourth-order valence-electron chi connectivity index (χ4n) is 4.52. The van der Waals surface area contributed by atoms with Gasteiger partial charge in [0, 0.05) is 6.54 Å². The number of benzene rings is 2. The Hall–Kier alpha value is -3.48. The van der Waals surface area contributed by atoms with Crippen molar-refractivity contribution in [2.45, 2.75) is 19.4 Å². The van der Waals surface area contributed by atoms with E-state index in [1.807, 2.05) is 18.2 Å². The van der Waals surface area contributed by atoms with Crippen LogP contribution in [0.3, 0.4) is 0 Å². The smallest absolute Gasteiger partial charge is 0.161 e. The van der Waals surface area contributed by atoms with Gasteiger partial charge in [0.15, 0.2) is 17.3 Å². The van der Waals surface area contributed by atoms with Crippen LogP contribution in [0.5, 0.6) is 17.2 Å². The summed E-state index contributed by atoms with van der Waals surface area (Å²) in [6, 6.07) is 10.3. The van der Waals surface area contributed by atoms with Gasteiger partial charge in [0.05, 0.1) is 38.3 Å². The fourth-order valence-corrected chi connectivity index (χ4v) is 4.52. The Balaban J connectivity index is 1.65. The van der Waals surface area contributed by atoms with Crippen molar-refractivity contribution in [3.05, 3.63) is 47.8 Å². The van der Waals surface area contributed by atoms with E-state index in [0.29, 0.717) is 0 Å². The van der Waals surface area contributed by atoms with Crippen LogP contribution in [0.2, 0.25) is 0 Å². The molecule has 0 amide bonds. The van der Waals surface area contributed by atoms with Crippen molar-refractivity contribution < 1.29 is 14.2 Å². The van der Waals surface area contributed by atoms with Gasteiger partial charge in [-0.25, -0.2) is 9.97 Å². The summed E-state index contributed by atoms with van der Waals surface area (Å²) in [6.07, 6.45) is 2.53. The summed E-state index contributed by atoms with van der Waals surface area (Å²) < 4.78 is 16.6. The lowest BCUT2D eigenvalue weighted by atomic mass is 9.92. The van der Waals surface area contributed by atoms with Crippen molar-refractivity contribution in [2.75, 3.05) is 32.8 Å². The fraction of sp³-hybridized carbons (Fsp3) is 0.304. The zero-order valence-corrected chi connectivity index (χ0v) is 17.5. The topological polar surface area (TPSA) is 72.5 Å². The molecule has 30 heavy (non-hydrogen) atoms. The minimum absolute atomic E-state index is 0.125. The molecule has 0 aliphatic carbocycles. The Morgan fingerprint density at radius 1 is 1.00 bits per heavy atom. The molecule has 0 fully saturated rings. The largest absolute Gasteiger partial charge is 0.496 e. The summed E-state index contributed by atoms with van der Waals surface area (Å²) in [5, 5.41) is 0.982. The monoisotopic (exact) mass is 404 g/mol. The van der Waals surface area contributed by atoms with Gasteiger partial charge in [-0.15, -0.1) is 0 Å². The van der Waals surface area contributed by atoms with Gasteiger partial charge in [0.25, 0.3) is 0 Å². The number of aromatic amines is 1. The number of fused-ring (bicyclic) bond motifs is 4. The first-order chi connectivity index (χ1) is 14.7. The molecule has 5 rings (SSSR count). The van der Waals surface area contributed by atoms with Gasteiger partial charge in [-0.2, -0.15) is 0 Å². The first-order valence-electron chi connectivity index (χ1n) is 9.97. The molecule has 4 aromatic rings. The molecule has 2 aromatic carbocycles. The van der Waals surface area contributed by atoms with Crippen LogP contribution in [-0.4, -0.2) is 42.8 Å². The van der Waals surface area contributed by atoms with Crippen molar-refractivity contribution >= 4 is 27.8 Å². The molecule has 0 radical (unpaired) electrons. The Labute approximate surface area is 174 Å². The second kappa shape index (κ2) is 7.09. The van der Waals surface area contributed by atoms with Crippen molar-refractivity contribution in [2.24, 2.45) is 0 Å². The first-order valence-corrected chi connectivity index (χ1v) is 9.97. The maximum absolute atomic E-state index is 5.57. The molecular formula is C23H24N4O3. The standard InChI is InChI=1S/C23H24N4O3/c1-13-15-11-19(30-4)18(29-3)10-14(15)8-9-27(13)23-22-21(24-12-25-23)20-16(26-22)6-5-7-17(20)28-2/h5-7,10-13,26H,8-9H2,1-4H3/t13-/m1/s1. The zero-order valence-electron chi connectivity index (χ0n) is 17.5. The zero-order chi connectivity index (χ0) is 20.8. The lowest BCUT2D eigenvalue weighted by Crippen LogP contribution is -2.34. The van der Waals surface area contributed by atoms with Crippen molar-refractivity contribution in [1.29, 1.82) is 0 Å². The quantitative estimate of drug-likeness (QED) is 0.548. The predicted molar refractivity (Wildman–Crippen MR) is 117 cm³/mol. The molecule has 1 aliphatic rings. The molecule has 1 N–H and O–H groups in total. The number of nitrogens with zero attached hydrogens (tertiary/aromatic N) is 3. The molecule has 3 heterocycles. The highest BCUT2D eigenvalue weighted by atomic mass is 16.5. The van der Waals surface area contributed by atoms with E-state index in [2.05, 4.69) is 38.9 Å². The van der Waals surface area contributed by atoms with Gasteiger partial charge < -0.3 is 24.1 Å². The lowest BCUT2D eigenvalue weighted by Gasteiger charge is -2.36. The van der Waals surface area contributed by atoms with Gasteiger partial charge in [0.2, 0.25) is 0 Å². The summed E-state index contributed by atoms with van der Waals surface area (Å²) in [6.45, 7) is 3.04. The number of methoxy groups -OCH3 is 3. The van der Waals surface area contributed by atoms with E-state index in [9.17, 15) is 0 Å². The highest BCUT2D eigenvalue weighted by Gasteiger charge is 2.29. The van der Waals surface area contributed by atoms with Gasteiger partial charge in [0.1, 0.15) is 23.1 Å². The molecule has 0 saturated heterocycles. The minimum Gasteiger partial charge on any atom is -0.496 e. The van der Waals surface area contributed by atoms with Crippen LogP contribution in [0.25, 0.3) is 21.9 Å². The summed E-state index contributed by atoms with van der Waals surface area (Å²) in [7, 11) is 5.02. The van der Waals surface area contributed by atoms with E-state index in [0.717, 1.165) is 58.0 Å². The molecule has 7 nitrogen and oxygen atoms in total. The molecule has 1 aliphatic heterocycles. The van der Waals surface area contributed by atoms with E-state index >= 15 is 0 Å². The van der Waals surface area contributed by atoms with Crippen LogP contribution < -0.4 is 19.1 Å². The number of anilines is 1. The normalized spacial score (nSPS) is 16.0. The number of aromatic nitrogens is 3. The SMILES string of the molecule is COc1cc2c(cc1OC)[C@@H](C)N(c1ncnc3c1[nH]c1cccc(OC)c13)CC2. The molecule has 1 atom stereocenters. The van der Waals surface area contributed by atoms with Crippen molar-refractivity contribution in [3.8, 4) is 17.2 Å². The van der Waals surface area contributed by atoms with Crippen LogP contribution in [-0.2, 0) is 6.42 Å². The van der Waals surface area contributed by atoms with E-state index < -0.39 is 0 Å². The maximum atomic E-state index is 5.57. The number of ether oxygens (including phenoxy) is 3. The highest BCUT2D eigenvalue weighted by Crippen LogP contribution is 2.41. The summed E-state index contributed by atoms with van der Waals surface area (Å²) in [5.41, 5.74) is 5.28. The third-order valence-electron chi connectivity index (χ3n) is 6.03. The Bertz CT molecular complexity index is 1250. The van der Waals surface area contributed by atoms with Crippen LogP contribution in [0.4, 0.5) is 5.82 Å². The van der Waals surface area contributed by atoms with E-state index in [1.54, 1.807) is 27.7 Å². The molecule has 154 valence electrons. The molecule has 0 spiro atoms. The highest BCUT2D eigenvalue weighted by molar-refractivity contribution is 6.11. The Kier molecular flexibility index (Phi) is 4.38. The average Bonchev–Trinajstić information content (AvgIpc) is 3.17. The maximum Gasteiger partial charge on any atom is 0.161 e. The van der Waals surface area contributed by atoms with Gasteiger partial charge in [-0.1, -0.05) is 6.07 Å². The second-order valence-corrected chi connectivity index (χ2v) is 7.45.